The summed E-state index contributed by atoms with van der Waals surface area (Å²) in [6, 6.07) is 7.81. The molecule has 0 saturated carbocycles. The molecule has 0 bridgehead atoms. The first-order valence-corrected chi connectivity index (χ1v) is 7.26. The van der Waals surface area contributed by atoms with Crippen LogP contribution in [-0.2, 0) is 11.3 Å². The van der Waals surface area contributed by atoms with E-state index in [1.54, 1.807) is 7.11 Å². The van der Waals surface area contributed by atoms with Crippen LogP contribution in [0.25, 0.3) is 0 Å². The van der Waals surface area contributed by atoms with E-state index in [-0.39, 0.29) is 11.9 Å². The molecule has 4 heteroatoms. The Morgan fingerprint density at radius 3 is 2.70 bits per heavy atom. The second kappa shape index (κ2) is 6.86. The molecule has 2 N–H and O–H groups in total. The number of methoxy groups -OCH3 is 1. The van der Waals surface area contributed by atoms with Crippen molar-refractivity contribution in [1.82, 2.24) is 4.90 Å². The lowest BCUT2D eigenvalue weighted by atomic mass is 9.90. The van der Waals surface area contributed by atoms with Gasteiger partial charge in [-0.1, -0.05) is 19.1 Å². The van der Waals surface area contributed by atoms with E-state index in [0.717, 1.165) is 30.5 Å². The van der Waals surface area contributed by atoms with Gasteiger partial charge in [0.15, 0.2) is 0 Å². The van der Waals surface area contributed by atoms with Gasteiger partial charge in [-0.25, -0.2) is 0 Å². The summed E-state index contributed by atoms with van der Waals surface area (Å²) in [5, 5.41) is 0. The molecule has 1 heterocycles. The number of carbonyl (C=O) groups is 1. The summed E-state index contributed by atoms with van der Waals surface area (Å²) in [4.78, 5) is 14.6. The number of benzene rings is 1. The smallest absolute Gasteiger partial charge is 0.254 e. The van der Waals surface area contributed by atoms with E-state index < -0.39 is 0 Å². The molecule has 0 unspecified atom stereocenters. The van der Waals surface area contributed by atoms with Gasteiger partial charge in [0.05, 0.1) is 6.61 Å². The molecule has 20 heavy (non-hydrogen) atoms. The van der Waals surface area contributed by atoms with Crippen molar-refractivity contribution in [2.45, 2.75) is 32.4 Å². The summed E-state index contributed by atoms with van der Waals surface area (Å²) in [6.07, 6.45) is 2.21. The highest BCUT2D eigenvalue weighted by molar-refractivity contribution is 5.94. The fourth-order valence-corrected chi connectivity index (χ4v) is 2.94. The number of likely N-dealkylation sites (tertiary alicyclic amines) is 1. The maximum atomic E-state index is 12.6. The van der Waals surface area contributed by atoms with Crippen molar-refractivity contribution in [3.8, 4) is 0 Å². The average molecular weight is 276 g/mol. The molecule has 0 aliphatic carbocycles. The zero-order valence-electron chi connectivity index (χ0n) is 12.3. The highest BCUT2D eigenvalue weighted by Gasteiger charge is 2.31. The van der Waals surface area contributed by atoms with Gasteiger partial charge in [0, 0.05) is 31.8 Å². The van der Waals surface area contributed by atoms with Crippen LogP contribution < -0.4 is 5.73 Å². The summed E-state index contributed by atoms with van der Waals surface area (Å²) in [5.41, 5.74) is 7.66. The molecule has 1 fully saturated rings. The predicted octanol–water partition coefficient (Wildman–Crippen LogP) is 2.03. The second-order valence-corrected chi connectivity index (χ2v) is 5.55. The van der Waals surface area contributed by atoms with E-state index in [4.69, 9.17) is 10.5 Å². The molecule has 110 valence electrons. The molecular formula is C16H24N2O2. The zero-order chi connectivity index (χ0) is 14.5. The van der Waals surface area contributed by atoms with Gasteiger partial charge in [-0.3, -0.25) is 4.79 Å². The maximum absolute atomic E-state index is 12.6. The number of hydrogen-bond donors (Lipinski definition) is 1. The Morgan fingerprint density at radius 2 is 2.10 bits per heavy atom. The minimum absolute atomic E-state index is 0.0935. The van der Waals surface area contributed by atoms with Crippen molar-refractivity contribution >= 4 is 5.91 Å². The molecule has 0 spiro atoms. The molecule has 1 saturated heterocycles. The first-order chi connectivity index (χ1) is 9.67. The first kappa shape index (κ1) is 15.0. The van der Waals surface area contributed by atoms with Crippen molar-refractivity contribution in [1.29, 1.82) is 0 Å². The Balaban J connectivity index is 2.12. The minimum Gasteiger partial charge on any atom is -0.380 e. The number of piperidine rings is 1. The van der Waals surface area contributed by atoms with Gasteiger partial charge in [-0.15, -0.1) is 0 Å². The summed E-state index contributed by atoms with van der Waals surface area (Å²) < 4.78 is 5.08. The first-order valence-electron chi connectivity index (χ1n) is 7.26. The van der Waals surface area contributed by atoms with Crippen LogP contribution in [0.1, 0.15) is 35.7 Å². The lowest BCUT2D eigenvalue weighted by molar-refractivity contribution is 0.0532. The Kier molecular flexibility index (Phi) is 5.15. The predicted molar refractivity (Wildman–Crippen MR) is 79.4 cm³/mol. The highest BCUT2D eigenvalue weighted by atomic mass is 16.5. The summed E-state index contributed by atoms with van der Waals surface area (Å²) in [7, 11) is 1.67. The monoisotopic (exact) mass is 276 g/mol. The lowest BCUT2D eigenvalue weighted by Crippen LogP contribution is -2.51. The molecule has 4 nitrogen and oxygen atoms in total. The molecule has 2 rings (SSSR count). The Bertz CT molecular complexity index is 444. The standard InChI is InChI=1S/C16H24N2O2/c1-12-4-3-9-18(15(12)10-17)16(19)14-7-5-13(6-8-14)11-20-2/h5-8,12,15H,3-4,9-11,17H2,1-2H3/t12-,15-/m1/s1. The number of ether oxygens (including phenoxy) is 1. The molecule has 0 aromatic heterocycles. The summed E-state index contributed by atoms with van der Waals surface area (Å²) in [5.74, 6) is 0.571. The van der Waals surface area contributed by atoms with E-state index in [2.05, 4.69) is 6.92 Å². The van der Waals surface area contributed by atoms with Crippen LogP contribution in [0.4, 0.5) is 0 Å². The van der Waals surface area contributed by atoms with Gasteiger partial charge in [-0.05, 0) is 36.5 Å². The number of nitrogens with zero attached hydrogens (tertiary/aromatic N) is 1. The quantitative estimate of drug-likeness (QED) is 0.915. The fourth-order valence-electron chi connectivity index (χ4n) is 2.94. The van der Waals surface area contributed by atoms with Crippen LogP contribution >= 0.6 is 0 Å². The van der Waals surface area contributed by atoms with E-state index >= 15 is 0 Å². The highest BCUT2D eigenvalue weighted by Crippen LogP contribution is 2.24. The largest absolute Gasteiger partial charge is 0.380 e. The van der Waals surface area contributed by atoms with Gasteiger partial charge in [0.1, 0.15) is 0 Å². The Labute approximate surface area is 120 Å². The topological polar surface area (TPSA) is 55.6 Å². The number of amides is 1. The number of rotatable bonds is 4. The van der Waals surface area contributed by atoms with Crippen LogP contribution in [0.3, 0.4) is 0 Å². The van der Waals surface area contributed by atoms with Crippen LogP contribution in [0.2, 0.25) is 0 Å². The molecule has 1 aliphatic heterocycles. The van der Waals surface area contributed by atoms with Gasteiger partial charge >= 0.3 is 0 Å². The third-order valence-corrected chi connectivity index (χ3v) is 4.13. The van der Waals surface area contributed by atoms with Crippen molar-refractivity contribution in [3.63, 3.8) is 0 Å². The molecule has 1 aromatic carbocycles. The molecular weight excluding hydrogens is 252 g/mol. The van der Waals surface area contributed by atoms with Crippen LogP contribution in [0.15, 0.2) is 24.3 Å². The fraction of sp³-hybridized carbons (Fsp3) is 0.562. The molecule has 0 radical (unpaired) electrons. The third kappa shape index (κ3) is 3.19. The molecule has 2 atom stereocenters. The lowest BCUT2D eigenvalue weighted by Gasteiger charge is -2.39. The van der Waals surface area contributed by atoms with Crippen molar-refractivity contribution in [2.75, 3.05) is 20.2 Å². The normalized spacial score (nSPS) is 22.9. The SMILES string of the molecule is COCc1ccc(C(=O)N2CCC[C@@H](C)[C@H]2CN)cc1. The van der Waals surface area contributed by atoms with E-state index in [1.807, 2.05) is 29.2 Å². The van der Waals surface area contributed by atoms with E-state index in [0.29, 0.717) is 19.1 Å². The Hall–Kier alpha value is -1.39. The second-order valence-electron chi connectivity index (χ2n) is 5.55. The van der Waals surface area contributed by atoms with E-state index in [1.165, 1.54) is 0 Å². The Morgan fingerprint density at radius 1 is 1.40 bits per heavy atom. The maximum Gasteiger partial charge on any atom is 0.254 e. The number of carbonyl (C=O) groups excluding carboxylic acids is 1. The third-order valence-electron chi connectivity index (χ3n) is 4.13. The minimum atomic E-state index is 0.0935. The van der Waals surface area contributed by atoms with Crippen molar-refractivity contribution in [3.05, 3.63) is 35.4 Å². The van der Waals surface area contributed by atoms with Crippen LogP contribution in [0.5, 0.6) is 0 Å². The summed E-state index contributed by atoms with van der Waals surface area (Å²) in [6.45, 7) is 4.10. The van der Waals surface area contributed by atoms with Crippen LogP contribution in [0, 0.1) is 5.92 Å². The zero-order valence-corrected chi connectivity index (χ0v) is 12.3. The van der Waals surface area contributed by atoms with Gasteiger partial charge < -0.3 is 15.4 Å². The molecule has 1 aliphatic rings. The number of hydrogen-bond acceptors (Lipinski definition) is 3. The van der Waals surface area contributed by atoms with Gasteiger partial charge in [0.2, 0.25) is 0 Å². The number of nitrogens with two attached hydrogens (primary N) is 1. The average Bonchev–Trinajstić information content (AvgIpc) is 2.47. The summed E-state index contributed by atoms with van der Waals surface area (Å²) >= 11 is 0. The molecule has 1 amide bonds. The van der Waals surface area contributed by atoms with Crippen molar-refractivity contribution in [2.24, 2.45) is 11.7 Å². The van der Waals surface area contributed by atoms with Crippen molar-refractivity contribution < 1.29 is 9.53 Å². The van der Waals surface area contributed by atoms with Gasteiger partial charge in [0.25, 0.3) is 5.91 Å². The van der Waals surface area contributed by atoms with E-state index in [9.17, 15) is 4.79 Å². The van der Waals surface area contributed by atoms with Crippen LogP contribution in [-0.4, -0.2) is 37.0 Å². The molecule has 1 aromatic rings. The van der Waals surface area contributed by atoms with Gasteiger partial charge in [-0.2, -0.15) is 0 Å².